The number of rotatable bonds is 6. The Morgan fingerprint density at radius 3 is 2.59 bits per heavy atom. The second-order valence-corrected chi connectivity index (χ2v) is 8.64. The van der Waals surface area contributed by atoms with Crippen LogP contribution in [0.5, 0.6) is 0 Å². The number of amides is 1. The van der Waals surface area contributed by atoms with Crippen LogP contribution in [-0.4, -0.2) is 28.6 Å². The summed E-state index contributed by atoms with van der Waals surface area (Å²) in [6.45, 7) is 2.42. The zero-order chi connectivity index (χ0) is 23.1. The van der Waals surface area contributed by atoms with Gasteiger partial charge in [-0.25, -0.2) is 4.79 Å². The Kier molecular flexibility index (Phi) is 8.54. The van der Waals surface area contributed by atoms with Crippen molar-refractivity contribution in [3.8, 4) is 0 Å². The van der Waals surface area contributed by atoms with E-state index < -0.39 is 11.9 Å². The molecule has 3 rings (SSSR count). The van der Waals surface area contributed by atoms with E-state index in [1.54, 1.807) is 60.6 Å². The monoisotopic (exact) mass is 579 g/mol. The van der Waals surface area contributed by atoms with Crippen molar-refractivity contribution in [1.82, 2.24) is 10.3 Å². The van der Waals surface area contributed by atoms with Crippen molar-refractivity contribution in [2.75, 3.05) is 11.5 Å². The first kappa shape index (κ1) is 24.1. The van der Waals surface area contributed by atoms with Gasteiger partial charge in [-0.15, -0.1) is 0 Å². The fourth-order valence-electron chi connectivity index (χ4n) is 2.85. The van der Waals surface area contributed by atoms with Crippen LogP contribution < -0.4 is 10.2 Å². The highest BCUT2D eigenvalue weighted by atomic mass is 127. The molecule has 0 aliphatic rings. The quantitative estimate of drug-likeness (QED) is 0.245. The number of nitrogens with one attached hydrogen (secondary N) is 1. The molecule has 9 heteroatoms. The van der Waals surface area contributed by atoms with Crippen molar-refractivity contribution in [3.63, 3.8) is 0 Å². The fourth-order valence-corrected chi connectivity index (χ4v) is 3.81. The second kappa shape index (κ2) is 11.3. The number of halogens is 2. The van der Waals surface area contributed by atoms with E-state index in [2.05, 4.69) is 32.9 Å². The van der Waals surface area contributed by atoms with Gasteiger partial charge in [-0.1, -0.05) is 17.7 Å². The van der Waals surface area contributed by atoms with E-state index in [9.17, 15) is 9.59 Å². The molecular weight excluding hydrogens is 561 g/mol. The smallest absolute Gasteiger partial charge is 0.338 e. The summed E-state index contributed by atoms with van der Waals surface area (Å²) < 4.78 is 5.92. The third-order valence-electron chi connectivity index (χ3n) is 4.39. The number of hydrogen-bond acceptors (Lipinski definition) is 5. The first-order chi connectivity index (χ1) is 15.4. The maximum Gasteiger partial charge on any atom is 0.338 e. The molecule has 1 amide bonds. The number of carbonyl (C=O) groups excluding carboxylic acids is 2. The van der Waals surface area contributed by atoms with Gasteiger partial charge in [0.25, 0.3) is 5.91 Å². The van der Waals surface area contributed by atoms with Crippen LogP contribution in [0.15, 0.2) is 67.0 Å². The molecule has 0 fully saturated rings. The number of esters is 1. The van der Waals surface area contributed by atoms with Crippen LogP contribution in [0.3, 0.4) is 0 Å². The maximum absolute atomic E-state index is 12.8. The third kappa shape index (κ3) is 6.24. The maximum atomic E-state index is 12.8. The van der Waals surface area contributed by atoms with Gasteiger partial charge in [-0.3, -0.25) is 15.1 Å². The molecule has 6 nitrogen and oxygen atoms in total. The summed E-state index contributed by atoms with van der Waals surface area (Å²) >= 11 is 13.9. The van der Waals surface area contributed by atoms with Gasteiger partial charge in [0.05, 0.1) is 29.3 Å². The molecule has 0 spiro atoms. The zero-order valence-electron chi connectivity index (χ0n) is 17.0. The van der Waals surface area contributed by atoms with Crippen molar-refractivity contribution < 1.29 is 14.3 Å². The normalized spacial score (nSPS) is 10.3. The lowest BCUT2D eigenvalue weighted by atomic mass is 10.2. The third-order valence-corrected chi connectivity index (χ3v) is 5.72. The number of anilines is 1. The van der Waals surface area contributed by atoms with Crippen molar-refractivity contribution in [3.05, 3.63) is 92.3 Å². The van der Waals surface area contributed by atoms with Crippen LogP contribution in [0.1, 0.15) is 33.2 Å². The van der Waals surface area contributed by atoms with E-state index in [1.165, 1.54) is 0 Å². The molecule has 1 heterocycles. The molecule has 0 radical (unpaired) electrons. The van der Waals surface area contributed by atoms with Gasteiger partial charge in [-0.2, -0.15) is 0 Å². The second-order valence-electron chi connectivity index (χ2n) is 6.60. The molecule has 0 bridgehead atoms. The van der Waals surface area contributed by atoms with E-state index in [0.29, 0.717) is 35.0 Å². The molecule has 164 valence electrons. The lowest BCUT2D eigenvalue weighted by molar-refractivity contribution is 0.0526. The molecule has 3 aromatic rings. The zero-order valence-corrected chi connectivity index (χ0v) is 20.8. The molecule has 0 saturated heterocycles. The summed E-state index contributed by atoms with van der Waals surface area (Å²) in [6.07, 6.45) is 3.40. The van der Waals surface area contributed by atoms with Crippen LogP contribution in [0.25, 0.3) is 0 Å². The van der Waals surface area contributed by atoms with Crippen molar-refractivity contribution in [2.24, 2.45) is 0 Å². The molecule has 1 aromatic heterocycles. The summed E-state index contributed by atoms with van der Waals surface area (Å²) in [5.74, 6) is -0.806. The number of ether oxygens (including phenoxy) is 1. The standard InChI is InChI=1S/C23H19ClIN3O3S/c1-2-31-22(30)16-5-8-18(9-6-16)28(14-15-4-3-11-26-13-15)23(32)27-21(29)19-12-17(25)7-10-20(19)24/h3-13H,2,14H2,1H3,(H,27,29,32). The SMILES string of the molecule is CCOC(=O)c1ccc(N(Cc2cccnc2)C(=S)NC(=O)c2cc(I)ccc2Cl)cc1. The Labute approximate surface area is 210 Å². The van der Waals surface area contributed by atoms with Crippen molar-refractivity contribution in [1.29, 1.82) is 0 Å². The molecule has 32 heavy (non-hydrogen) atoms. The van der Waals surface area contributed by atoms with Gasteiger partial charge >= 0.3 is 5.97 Å². The van der Waals surface area contributed by atoms with E-state index >= 15 is 0 Å². The minimum absolute atomic E-state index is 0.192. The van der Waals surface area contributed by atoms with E-state index in [-0.39, 0.29) is 5.11 Å². The molecule has 0 saturated carbocycles. The van der Waals surface area contributed by atoms with Gasteiger partial charge < -0.3 is 9.64 Å². The molecule has 2 aromatic carbocycles. The summed E-state index contributed by atoms with van der Waals surface area (Å²) in [7, 11) is 0. The Hall–Kier alpha value is -2.56. The highest BCUT2D eigenvalue weighted by molar-refractivity contribution is 14.1. The molecule has 0 unspecified atom stereocenters. The van der Waals surface area contributed by atoms with E-state index in [0.717, 1.165) is 9.13 Å². The van der Waals surface area contributed by atoms with Crippen molar-refractivity contribution in [2.45, 2.75) is 13.5 Å². The fraction of sp³-hybridized carbons (Fsp3) is 0.130. The number of nitrogens with zero attached hydrogens (tertiary/aromatic N) is 2. The van der Waals surface area contributed by atoms with Crippen LogP contribution in [0.2, 0.25) is 5.02 Å². The summed E-state index contributed by atoms with van der Waals surface area (Å²) in [6, 6.07) is 15.7. The first-order valence-electron chi connectivity index (χ1n) is 9.63. The first-order valence-corrected chi connectivity index (χ1v) is 11.5. The van der Waals surface area contributed by atoms with Gasteiger partial charge in [-0.05, 0) is 95.8 Å². The molecule has 0 aliphatic heterocycles. The van der Waals surface area contributed by atoms with Gasteiger partial charge in [0.1, 0.15) is 0 Å². The average molecular weight is 580 g/mol. The topological polar surface area (TPSA) is 71.5 Å². The number of pyridine rings is 1. The van der Waals surface area contributed by atoms with Gasteiger partial charge in [0.15, 0.2) is 5.11 Å². The summed E-state index contributed by atoms with van der Waals surface area (Å²) in [5, 5.41) is 3.29. The van der Waals surface area contributed by atoms with Crippen LogP contribution in [0, 0.1) is 3.57 Å². The molecule has 0 atom stereocenters. The Morgan fingerprint density at radius 2 is 1.94 bits per heavy atom. The Balaban J connectivity index is 1.87. The number of hydrogen-bond donors (Lipinski definition) is 1. The van der Waals surface area contributed by atoms with Crippen LogP contribution in [-0.2, 0) is 11.3 Å². The molecular formula is C23H19ClIN3O3S. The number of thiocarbonyl (C=S) groups is 1. The summed E-state index contributed by atoms with van der Waals surface area (Å²) in [4.78, 5) is 30.7. The molecule has 1 N–H and O–H groups in total. The van der Waals surface area contributed by atoms with Gasteiger partial charge in [0.2, 0.25) is 0 Å². The van der Waals surface area contributed by atoms with Gasteiger partial charge in [0, 0.05) is 21.7 Å². The minimum Gasteiger partial charge on any atom is -0.462 e. The lowest BCUT2D eigenvalue weighted by Gasteiger charge is -2.26. The Bertz CT molecular complexity index is 1130. The number of carbonyl (C=O) groups is 2. The predicted molar refractivity (Wildman–Crippen MR) is 137 cm³/mol. The molecule has 0 aliphatic carbocycles. The van der Waals surface area contributed by atoms with Crippen LogP contribution >= 0.6 is 46.4 Å². The highest BCUT2D eigenvalue weighted by Gasteiger charge is 2.19. The number of aromatic nitrogens is 1. The van der Waals surface area contributed by atoms with Crippen LogP contribution in [0.4, 0.5) is 5.69 Å². The largest absolute Gasteiger partial charge is 0.462 e. The average Bonchev–Trinajstić information content (AvgIpc) is 2.80. The number of benzene rings is 2. The Morgan fingerprint density at radius 1 is 1.19 bits per heavy atom. The summed E-state index contributed by atoms with van der Waals surface area (Å²) in [5.41, 5.74) is 2.35. The van der Waals surface area contributed by atoms with E-state index in [1.807, 2.05) is 18.2 Å². The van der Waals surface area contributed by atoms with Crippen molar-refractivity contribution >= 4 is 69.1 Å². The lowest BCUT2D eigenvalue weighted by Crippen LogP contribution is -2.42. The predicted octanol–water partition coefficient (Wildman–Crippen LogP) is 5.24. The van der Waals surface area contributed by atoms with E-state index in [4.69, 9.17) is 28.6 Å². The minimum atomic E-state index is -0.405. The highest BCUT2D eigenvalue weighted by Crippen LogP contribution is 2.21.